The van der Waals surface area contributed by atoms with Gasteiger partial charge in [-0.3, -0.25) is 9.59 Å². The Bertz CT molecular complexity index is 1280. The van der Waals surface area contributed by atoms with Gasteiger partial charge in [-0.15, -0.1) is 0 Å². The first-order chi connectivity index (χ1) is 17.9. The van der Waals surface area contributed by atoms with E-state index in [1.165, 1.54) is 0 Å². The van der Waals surface area contributed by atoms with Gasteiger partial charge in [-0.2, -0.15) is 4.98 Å². The highest BCUT2D eigenvalue weighted by Crippen LogP contribution is 2.35. The predicted molar refractivity (Wildman–Crippen MR) is 144 cm³/mol. The monoisotopic (exact) mass is 504 g/mol. The Kier molecular flexibility index (Phi) is 7.10. The van der Waals surface area contributed by atoms with Gasteiger partial charge in [0.2, 0.25) is 11.9 Å². The van der Waals surface area contributed by atoms with E-state index in [2.05, 4.69) is 38.7 Å². The normalized spacial score (nSPS) is 19.4. The summed E-state index contributed by atoms with van der Waals surface area (Å²) in [6, 6.07) is 6.18. The summed E-state index contributed by atoms with van der Waals surface area (Å²) in [6.07, 6.45) is 9.33. The second kappa shape index (κ2) is 10.5. The van der Waals surface area contributed by atoms with Crippen molar-refractivity contribution in [1.82, 2.24) is 29.3 Å². The van der Waals surface area contributed by atoms with Gasteiger partial charge >= 0.3 is 0 Å². The van der Waals surface area contributed by atoms with Gasteiger partial charge in [0.15, 0.2) is 0 Å². The molecular formula is C27H36N8O2. The van der Waals surface area contributed by atoms with Crippen LogP contribution in [0.3, 0.4) is 0 Å². The molecule has 0 radical (unpaired) electrons. The van der Waals surface area contributed by atoms with Crippen molar-refractivity contribution in [3.63, 3.8) is 0 Å². The number of nitrogens with zero attached hydrogens (tertiary/aromatic N) is 7. The van der Waals surface area contributed by atoms with Gasteiger partial charge in [0.1, 0.15) is 17.2 Å². The molecule has 5 rings (SSSR count). The third kappa shape index (κ3) is 5.02. The Morgan fingerprint density at radius 3 is 2.59 bits per heavy atom. The summed E-state index contributed by atoms with van der Waals surface area (Å²) in [5.74, 6) is 1.11. The Morgan fingerprint density at radius 1 is 1.14 bits per heavy atom. The number of hydrogen-bond acceptors (Lipinski definition) is 7. The molecule has 0 bridgehead atoms. The number of anilines is 3. The van der Waals surface area contributed by atoms with Crippen LogP contribution in [0.15, 0.2) is 30.6 Å². The number of rotatable bonds is 6. The molecule has 1 aliphatic carbocycles. The van der Waals surface area contributed by atoms with Crippen LogP contribution in [0.1, 0.15) is 62.0 Å². The summed E-state index contributed by atoms with van der Waals surface area (Å²) in [5.41, 5.74) is 2.20. The Labute approximate surface area is 217 Å². The number of aromatic nitrogens is 4. The quantitative estimate of drug-likeness (QED) is 0.545. The number of hydrogen-bond donors (Lipinski definition) is 1. The third-order valence-corrected chi connectivity index (χ3v) is 7.67. The van der Waals surface area contributed by atoms with Crippen molar-refractivity contribution < 1.29 is 9.59 Å². The molecule has 1 saturated carbocycles. The lowest BCUT2D eigenvalue weighted by molar-refractivity contribution is -0.119. The highest BCUT2D eigenvalue weighted by atomic mass is 16.2. The molecule has 3 aromatic rings. The number of likely N-dealkylation sites (N-methyl/N-ethyl adjacent to an activating group) is 1. The molecule has 2 fully saturated rings. The minimum atomic E-state index is -0.0313. The molecule has 196 valence electrons. The van der Waals surface area contributed by atoms with Crippen LogP contribution in [-0.4, -0.2) is 81.4 Å². The molecule has 37 heavy (non-hydrogen) atoms. The largest absolute Gasteiger partial charge is 0.343 e. The highest BCUT2D eigenvalue weighted by molar-refractivity contribution is 5.98. The zero-order valence-corrected chi connectivity index (χ0v) is 22.1. The fourth-order valence-electron chi connectivity index (χ4n) is 5.49. The van der Waals surface area contributed by atoms with Crippen LogP contribution in [0.2, 0.25) is 0 Å². The number of carbonyl (C=O) groups is 2. The molecule has 1 atom stereocenters. The van der Waals surface area contributed by atoms with Crippen molar-refractivity contribution >= 4 is 40.3 Å². The lowest BCUT2D eigenvalue weighted by atomic mass is 10.1. The maximum Gasteiger partial charge on any atom is 0.270 e. The molecule has 1 saturated heterocycles. The van der Waals surface area contributed by atoms with E-state index < -0.39 is 0 Å². The van der Waals surface area contributed by atoms with Crippen molar-refractivity contribution in [3.05, 3.63) is 36.3 Å². The molecule has 1 aliphatic heterocycles. The zero-order chi connectivity index (χ0) is 26.1. The third-order valence-electron chi connectivity index (χ3n) is 7.67. The van der Waals surface area contributed by atoms with E-state index >= 15 is 0 Å². The van der Waals surface area contributed by atoms with Crippen LogP contribution in [-0.2, 0) is 4.79 Å². The Balaban J connectivity index is 1.39. The van der Waals surface area contributed by atoms with Crippen molar-refractivity contribution in [1.29, 1.82) is 0 Å². The summed E-state index contributed by atoms with van der Waals surface area (Å²) < 4.78 is 2.10. The minimum Gasteiger partial charge on any atom is -0.343 e. The van der Waals surface area contributed by atoms with Crippen LogP contribution in [0.4, 0.5) is 17.5 Å². The van der Waals surface area contributed by atoms with Crippen molar-refractivity contribution in [2.75, 3.05) is 44.4 Å². The number of amides is 2. The van der Waals surface area contributed by atoms with Gasteiger partial charge in [0, 0.05) is 57.3 Å². The van der Waals surface area contributed by atoms with Crippen molar-refractivity contribution in [3.8, 4) is 0 Å². The van der Waals surface area contributed by atoms with Gasteiger partial charge in [-0.05, 0) is 44.5 Å². The summed E-state index contributed by atoms with van der Waals surface area (Å²) >= 11 is 0. The summed E-state index contributed by atoms with van der Waals surface area (Å²) in [6.45, 7) is 3.60. The number of pyridine rings is 1. The smallest absolute Gasteiger partial charge is 0.270 e. The van der Waals surface area contributed by atoms with E-state index in [1.54, 1.807) is 31.4 Å². The number of fused-ring (bicyclic) bond motifs is 1. The molecule has 2 amide bonds. The molecule has 4 heterocycles. The highest BCUT2D eigenvalue weighted by Gasteiger charge is 2.28. The van der Waals surface area contributed by atoms with Gasteiger partial charge in [0.25, 0.3) is 5.91 Å². The molecule has 0 spiro atoms. The lowest BCUT2D eigenvalue weighted by Crippen LogP contribution is -2.32. The molecular weight excluding hydrogens is 468 g/mol. The fraction of sp³-hybridized carbons (Fsp3) is 0.519. The average molecular weight is 505 g/mol. The first-order valence-corrected chi connectivity index (χ1v) is 13.2. The van der Waals surface area contributed by atoms with Crippen LogP contribution in [0.5, 0.6) is 0 Å². The van der Waals surface area contributed by atoms with E-state index in [0.29, 0.717) is 30.4 Å². The second-order valence-corrected chi connectivity index (χ2v) is 10.3. The number of nitrogens with one attached hydrogen (secondary N) is 1. The van der Waals surface area contributed by atoms with Crippen LogP contribution >= 0.6 is 0 Å². The summed E-state index contributed by atoms with van der Waals surface area (Å²) in [7, 11) is 5.62. The van der Waals surface area contributed by atoms with Crippen molar-refractivity contribution in [2.45, 2.75) is 57.5 Å². The Hall–Kier alpha value is -3.53. The van der Waals surface area contributed by atoms with E-state index in [0.717, 1.165) is 55.4 Å². The molecule has 2 aliphatic rings. The maximum absolute atomic E-state index is 12.9. The predicted octanol–water partition coefficient (Wildman–Crippen LogP) is 3.83. The summed E-state index contributed by atoms with van der Waals surface area (Å²) in [4.78, 5) is 45.3. The average Bonchev–Trinajstić information content (AvgIpc) is 3.52. The van der Waals surface area contributed by atoms with E-state index in [4.69, 9.17) is 4.98 Å². The maximum atomic E-state index is 12.9. The molecule has 3 aromatic heterocycles. The van der Waals surface area contributed by atoms with Gasteiger partial charge in [0.05, 0.1) is 11.9 Å². The van der Waals surface area contributed by atoms with Gasteiger partial charge < -0.3 is 24.6 Å². The molecule has 0 unspecified atom stereocenters. The molecule has 1 N–H and O–H groups in total. The topological polar surface area (TPSA) is 99.5 Å². The van der Waals surface area contributed by atoms with Gasteiger partial charge in [-0.1, -0.05) is 19.8 Å². The summed E-state index contributed by atoms with van der Waals surface area (Å²) in [5, 5.41) is 4.05. The minimum absolute atomic E-state index is 0.0313. The first-order valence-electron chi connectivity index (χ1n) is 13.2. The second-order valence-electron chi connectivity index (χ2n) is 10.3. The molecule has 10 heteroatoms. The van der Waals surface area contributed by atoms with E-state index in [9.17, 15) is 9.59 Å². The number of carbonyl (C=O) groups excluding carboxylic acids is 2. The van der Waals surface area contributed by atoms with Crippen LogP contribution in [0.25, 0.3) is 11.0 Å². The van der Waals surface area contributed by atoms with Crippen LogP contribution in [0, 0.1) is 0 Å². The van der Waals surface area contributed by atoms with Gasteiger partial charge in [-0.25, -0.2) is 9.97 Å². The fourth-order valence-corrected chi connectivity index (χ4v) is 5.49. The molecule has 10 nitrogen and oxygen atoms in total. The van der Waals surface area contributed by atoms with E-state index in [1.807, 2.05) is 23.1 Å². The van der Waals surface area contributed by atoms with Crippen molar-refractivity contribution in [2.24, 2.45) is 0 Å². The first kappa shape index (κ1) is 25.1. The van der Waals surface area contributed by atoms with Crippen LogP contribution < -0.4 is 10.2 Å². The SMILES string of the molecule is CC[C@H]1CC(=O)N(c2ccc(Nc3ncc4cc(C(=O)N(C)C)n(C5CCCC5)c4n3)nc2)CCN1C. The van der Waals surface area contributed by atoms with E-state index in [-0.39, 0.29) is 23.9 Å². The zero-order valence-electron chi connectivity index (χ0n) is 22.1. The molecule has 0 aromatic carbocycles. The standard InChI is InChI=1S/C27H36N8O2/c1-5-19-15-24(36)34(13-12-33(19)4)21-10-11-23(28-17-21)30-27-29-16-18-14-22(26(37)32(2)3)35(25(18)31-27)20-8-6-7-9-20/h10-11,14,16-17,19-20H,5-9,12-13,15H2,1-4H3,(H,28,29,30,31)/t19-/m0/s1. The Morgan fingerprint density at radius 2 is 1.92 bits per heavy atom. The lowest BCUT2D eigenvalue weighted by Gasteiger charge is -2.22.